The van der Waals surface area contributed by atoms with Crippen LogP contribution in [0, 0.1) is 0 Å². The van der Waals surface area contributed by atoms with Crippen LogP contribution >= 0.6 is 15.5 Å². The van der Waals surface area contributed by atoms with Crippen molar-refractivity contribution < 1.29 is 37.1 Å². The van der Waals surface area contributed by atoms with Gasteiger partial charge < -0.3 is 18.9 Å². The Hall–Kier alpha value is 0.840. The second-order valence-corrected chi connectivity index (χ2v) is 12.7. The molecule has 14 heteroatoms. The smallest absolute Gasteiger partial charge is 0.400 e. The van der Waals surface area contributed by atoms with E-state index in [1.807, 2.05) is 0 Å². The van der Waals surface area contributed by atoms with Gasteiger partial charge in [-0.25, -0.2) is 20.1 Å². The van der Waals surface area contributed by atoms with E-state index in [1.54, 1.807) is 20.8 Å². The van der Waals surface area contributed by atoms with Crippen LogP contribution in [0.4, 0.5) is 0 Å². The van der Waals surface area contributed by atoms with E-state index in [0.29, 0.717) is 6.42 Å². The van der Waals surface area contributed by atoms with Crippen LogP contribution in [0.5, 0.6) is 0 Å². The van der Waals surface area contributed by atoms with Gasteiger partial charge in [-0.2, -0.15) is 0 Å². The van der Waals surface area contributed by atoms with Crippen molar-refractivity contribution in [2.75, 3.05) is 23.0 Å². The van der Waals surface area contributed by atoms with E-state index in [0.717, 1.165) is 0 Å². The minimum atomic E-state index is -4.21. The lowest BCUT2D eigenvalue weighted by molar-refractivity contribution is 0.0889. The van der Waals surface area contributed by atoms with Crippen molar-refractivity contribution >= 4 is 37.8 Å². The Morgan fingerprint density at radius 2 is 1.42 bits per heavy atom. The molecule has 0 radical (unpaired) electrons. The molecule has 0 spiro atoms. The molecule has 0 rings (SSSR count). The van der Waals surface area contributed by atoms with E-state index in [1.165, 1.54) is 6.92 Å². The Labute approximate surface area is 160 Å². The van der Waals surface area contributed by atoms with Gasteiger partial charge in [0, 0.05) is 6.42 Å². The molecule has 0 saturated heterocycles. The molecule has 0 aliphatic heterocycles. The third-order valence-corrected chi connectivity index (χ3v) is 8.04. The summed E-state index contributed by atoms with van der Waals surface area (Å²) in [6, 6.07) is 0. The summed E-state index contributed by atoms with van der Waals surface area (Å²) in [6.45, 7) is 6.37. The van der Waals surface area contributed by atoms with Gasteiger partial charge in [-0.15, -0.1) is 0 Å². The molecule has 0 saturated carbocycles. The molecule has 0 fully saturated rings. The Morgan fingerprint density at radius 1 is 0.962 bits per heavy atom. The predicted octanol–water partition coefficient (Wildman–Crippen LogP) is 0.973. The Bertz CT molecular complexity index is 529. The summed E-state index contributed by atoms with van der Waals surface area (Å²) in [4.78, 5) is 18.2. The summed E-state index contributed by atoms with van der Waals surface area (Å²) < 4.78 is 56.3. The average Bonchev–Trinajstić information content (AvgIpc) is 2.38. The molecule has 0 bridgehead atoms. The molecule has 26 heavy (non-hydrogen) atoms. The monoisotopic (exact) mass is 456 g/mol. The van der Waals surface area contributed by atoms with Gasteiger partial charge in [-0.05, 0) is 49.5 Å². The molecule has 10 nitrogen and oxygen atoms in total. The molecule has 0 aliphatic carbocycles. The minimum Gasteiger partial charge on any atom is -0.616 e. The lowest BCUT2D eigenvalue weighted by Gasteiger charge is -2.29. The minimum absolute atomic E-state index is 0.0160. The highest BCUT2D eigenvalue weighted by molar-refractivity contribution is 7.95. The molecule has 0 heterocycles. The van der Waals surface area contributed by atoms with Crippen LogP contribution in [0.25, 0.3) is 0 Å². The summed E-state index contributed by atoms with van der Waals surface area (Å²) in [5, 5.41) is 0. The summed E-state index contributed by atoms with van der Waals surface area (Å²) >= 11 is -2.75. The van der Waals surface area contributed by atoms with Crippen molar-refractivity contribution in [3.8, 4) is 0 Å². The van der Waals surface area contributed by atoms with Crippen LogP contribution in [-0.4, -0.2) is 53.1 Å². The van der Waals surface area contributed by atoms with Crippen molar-refractivity contribution in [1.29, 1.82) is 0 Å². The first kappa shape index (κ1) is 26.8. The highest BCUT2D eigenvalue weighted by Crippen LogP contribution is 2.40. The van der Waals surface area contributed by atoms with Crippen molar-refractivity contribution in [2.24, 2.45) is 11.0 Å². The van der Waals surface area contributed by atoms with Crippen molar-refractivity contribution in [3.63, 3.8) is 0 Å². The molecular formula is C12H30N2O8P2S2. The maximum Gasteiger partial charge on any atom is 0.400 e. The maximum atomic E-state index is 12.2. The summed E-state index contributed by atoms with van der Waals surface area (Å²) in [7, 11) is -8.34. The van der Waals surface area contributed by atoms with Crippen LogP contribution in [0.1, 0.15) is 40.5 Å². The highest BCUT2D eigenvalue weighted by Gasteiger charge is 2.36. The van der Waals surface area contributed by atoms with Gasteiger partial charge in [0.2, 0.25) is 0 Å². The molecule has 158 valence electrons. The van der Waals surface area contributed by atoms with Crippen molar-refractivity contribution in [1.82, 2.24) is 0 Å². The Kier molecular flexibility index (Phi) is 10.9. The number of hydrogen-bond acceptors (Lipinski definition) is 6. The second kappa shape index (κ2) is 10.6. The first-order valence-electron chi connectivity index (χ1n) is 7.81. The van der Waals surface area contributed by atoms with Gasteiger partial charge in [0.25, 0.3) is 0 Å². The van der Waals surface area contributed by atoms with Gasteiger partial charge in [0.1, 0.15) is 28.6 Å². The van der Waals surface area contributed by atoms with Gasteiger partial charge in [0.05, 0.1) is 5.60 Å². The molecule has 0 aromatic carbocycles. The SMILES string of the molecule is CCC(C)(C[S+]([O-])CC[S+]([O-])CCC(C)(C)OP(N)(=O)O)OP(N)(=O)O. The number of hydrogen-bond donors (Lipinski definition) is 4. The van der Waals surface area contributed by atoms with Gasteiger partial charge in [-0.3, -0.25) is 9.05 Å². The predicted molar refractivity (Wildman–Crippen MR) is 103 cm³/mol. The third kappa shape index (κ3) is 13.9. The normalized spacial score (nSPS) is 22.1. The van der Waals surface area contributed by atoms with E-state index >= 15 is 0 Å². The summed E-state index contributed by atoms with van der Waals surface area (Å²) in [5.74, 6) is 0.419. The molecule has 0 aliphatic rings. The van der Waals surface area contributed by atoms with Crippen LogP contribution < -0.4 is 11.0 Å². The van der Waals surface area contributed by atoms with Gasteiger partial charge >= 0.3 is 15.5 Å². The van der Waals surface area contributed by atoms with Gasteiger partial charge in [-0.1, -0.05) is 6.92 Å². The summed E-state index contributed by atoms with van der Waals surface area (Å²) in [6.07, 6.45) is 0.556. The largest absolute Gasteiger partial charge is 0.616 e. The quantitative estimate of drug-likeness (QED) is 0.229. The molecule has 0 aromatic heterocycles. The molecule has 0 aromatic rings. The number of nitrogens with two attached hydrogens (primary N) is 2. The third-order valence-electron chi connectivity index (χ3n) is 3.41. The van der Waals surface area contributed by atoms with Crippen molar-refractivity contribution in [2.45, 2.75) is 51.7 Å². The second-order valence-electron chi connectivity index (χ2n) is 6.76. The van der Waals surface area contributed by atoms with E-state index in [4.69, 9.17) is 29.8 Å². The summed E-state index contributed by atoms with van der Waals surface area (Å²) in [5.41, 5.74) is 7.82. The van der Waals surface area contributed by atoms with E-state index in [-0.39, 0.29) is 29.4 Å². The zero-order valence-electron chi connectivity index (χ0n) is 15.5. The molecule has 5 atom stereocenters. The van der Waals surface area contributed by atoms with Crippen LogP contribution in [0.3, 0.4) is 0 Å². The van der Waals surface area contributed by atoms with Crippen LogP contribution in [0.2, 0.25) is 0 Å². The number of rotatable bonds is 13. The fraction of sp³-hybridized carbons (Fsp3) is 1.00. The highest BCUT2D eigenvalue weighted by atomic mass is 32.2. The van der Waals surface area contributed by atoms with E-state index in [9.17, 15) is 18.2 Å². The Morgan fingerprint density at radius 3 is 1.85 bits per heavy atom. The standard InChI is InChI=1S/C12H30N2O8P2S2/c1-5-12(4,22-24(14,17)18)10-26(20)9-8-25(19)7-6-11(2,3)21-23(13,15)16/h5-10H2,1-4H3,(H3,13,15,16)(H3,14,17,18). The fourth-order valence-electron chi connectivity index (χ4n) is 1.97. The topological polar surface area (TPSA) is 191 Å². The molecular weight excluding hydrogens is 426 g/mol. The zero-order chi connectivity index (χ0) is 20.8. The van der Waals surface area contributed by atoms with E-state index < -0.39 is 49.0 Å². The lowest BCUT2D eigenvalue weighted by atomic mass is 10.1. The van der Waals surface area contributed by atoms with Crippen LogP contribution in [-0.2, 0) is 40.5 Å². The lowest BCUT2D eigenvalue weighted by Crippen LogP contribution is -2.38. The molecule has 6 N–H and O–H groups in total. The zero-order valence-corrected chi connectivity index (χ0v) is 18.9. The average molecular weight is 456 g/mol. The van der Waals surface area contributed by atoms with Crippen LogP contribution in [0.15, 0.2) is 0 Å². The molecule has 0 amide bonds. The fourth-order valence-corrected chi connectivity index (χ4v) is 7.18. The van der Waals surface area contributed by atoms with Crippen molar-refractivity contribution in [3.05, 3.63) is 0 Å². The van der Waals surface area contributed by atoms with Gasteiger partial charge in [0.15, 0.2) is 0 Å². The first-order chi connectivity index (χ1) is 11.5. The first-order valence-corrected chi connectivity index (χ1v) is 14.1. The Balaban J connectivity index is 4.39. The van der Waals surface area contributed by atoms with E-state index in [2.05, 4.69) is 0 Å². The maximum absolute atomic E-state index is 12.2. The molecule has 5 unspecified atom stereocenters.